The van der Waals surface area contributed by atoms with Gasteiger partial charge in [-0.25, -0.2) is 5.43 Å². The quantitative estimate of drug-likeness (QED) is 0.235. The van der Waals surface area contributed by atoms with Crippen LogP contribution in [0.5, 0.6) is 17.2 Å². The number of carbonyl (C=O) groups excluding carboxylic acids is 2. The van der Waals surface area contributed by atoms with Gasteiger partial charge in [0.15, 0.2) is 11.5 Å². The molecule has 2 rings (SSSR count). The monoisotopic (exact) mass is 497 g/mol. The molecule has 0 unspecified atom stereocenters. The predicted molar refractivity (Wildman–Crippen MR) is 113 cm³/mol. The Morgan fingerprint density at radius 2 is 1.93 bits per heavy atom. The van der Waals surface area contributed by atoms with Gasteiger partial charge in [0.2, 0.25) is 0 Å². The van der Waals surface area contributed by atoms with Crippen LogP contribution in [-0.4, -0.2) is 36.9 Å². The molecule has 28 heavy (non-hydrogen) atoms. The Balaban J connectivity index is 1.89. The molecule has 2 amide bonds. The Morgan fingerprint density at radius 3 is 2.57 bits per heavy atom. The van der Waals surface area contributed by atoms with Gasteiger partial charge in [-0.3, -0.25) is 9.59 Å². The van der Waals surface area contributed by atoms with Crippen molar-refractivity contribution in [3.8, 4) is 17.2 Å². The molecule has 2 aromatic carbocycles. The van der Waals surface area contributed by atoms with Crippen LogP contribution in [0.4, 0.5) is 0 Å². The van der Waals surface area contributed by atoms with Gasteiger partial charge in [-0.05, 0) is 64.9 Å². The van der Waals surface area contributed by atoms with Crippen molar-refractivity contribution in [2.24, 2.45) is 5.10 Å². The van der Waals surface area contributed by atoms with Gasteiger partial charge in [0.25, 0.3) is 0 Å². The number of phenolic OH excluding ortho intramolecular Hbond substituents is 1. The lowest BCUT2D eigenvalue weighted by Crippen LogP contribution is -2.37. The third-order valence-corrected chi connectivity index (χ3v) is 4.37. The predicted octanol–water partition coefficient (Wildman–Crippen LogP) is 2.17. The Bertz CT molecular complexity index is 869. The van der Waals surface area contributed by atoms with Crippen molar-refractivity contribution in [3.05, 3.63) is 51.1 Å². The van der Waals surface area contributed by atoms with Crippen LogP contribution in [0.25, 0.3) is 0 Å². The molecule has 0 aliphatic heterocycles. The van der Waals surface area contributed by atoms with E-state index >= 15 is 0 Å². The largest absolute Gasteiger partial charge is 0.504 e. The van der Waals surface area contributed by atoms with E-state index in [9.17, 15) is 14.7 Å². The number of halogens is 1. The van der Waals surface area contributed by atoms with Crippen molar-refractivity contribution in [2.45, 2.75) is 13.5 Å². The summed E-state index contributed by atoms with van der Waals surface area (Å²) in [5, 5.41) is 16.2. The molecule has 3 N–H and O–H groups in total. The van der Waals surface area contributed by atoms with Gasteiger partial charge in [-0.1, -0.05) is 12.1 Å². The third kappa shape index (κ3) is 6.12. The maximum atomic E-state index is 11.8. The first-order chi connectivity index (χ1) is 13.4. The number of nitrogens with one attached hydrogen (secondary N) is 2. The van der Waals surface area contributed by atoms with E-state index < -0.39 is 11.8 Å². The van der Waals surface area contributed by atoms with Crippen LogP contribution < -0.4 is 20.2 Å². The maximum absolute atomic E-state index is 11.8. The lowest BCUT2D eigenvalue weighted by atomic mass is 10.2. The van der Waals surface area contributed by atoms with Crippen molar-refractivity contribution in [1.29, 1.82) is 0 Å². The highest BCUT2D eigenvalue weighted by Gasteiger charge is 2.12. The van der Waals surface area contributed by atoms with E-state index in [4.69, 9.17) is 9.47 Å². The molecule has 9 heteroatoms. The van der Waals surface area contributed by atoms with Crippen LogP contribution in [0, 0.1) is 3.57 Å². The number of hydrogen-bond acceptors (Lipinski definition) is 6. The molecule has 148 valence electrons. The molecule has 0 aliphatic carbocycles. The van der Waals surface area contributed by atoms with E-state index in [-0.39, 0.29) is 12.3 Å². The fourth-order valence-corrected chi connectivity index (χ4v) is 2.78. The number of ether oxygens (including phenoxy) is 2. The number of benzene rings is 2. The smallest absolute Gasteiger partial charge is 0.329 e. The molecule has 0 radical (unpaired) electrons. The summed E-state index contributed by atoms with van der Waals surface area (Å²) in [6.45, 7) is 2.40. The van der Waals surface area contributed by atoms with Crippen molar-refractivity contribution < 1.29 is 24.2 Å². The minimum Gasteiger partial charge on any atom is -0.504 e. The Kier molecular flexibility index (Phi) is 8.05. The van der Waals surface area contributed by atoms with Crippen LogP contribution in [-0.2, 0) is 16.1 Å². The second-order valence-corrected chi connectivity index (χ2v) is 6.67. The van der Waals surface area contributed by atoms with E-state index in [2.05, 4.69) is 15.8 Å². The van der Waals surface area contributed by atoms with Crippen molar-refractivity contribution in [3.63, 3.8) is 0 Å². The molecule has 0 bridgehead atoms. The molecule has 0 aromatic heterocycles. The normalized spacial score (nSPS) is 10.5. The average Bonchev–Trinajstić information content (AvgIpc) is 2.70. The maximum Gasteiger partial charge on any atom is 0.329 e. The van der Waals surface area contributed by atoms with Crippen LogP contribution in [0.15, 0.2) is 41.5 Å². The van der Waals surface area contributed by atoms with E-state index in [0.29, 0.717) is 27.2 Å². The highest BCUT2D eigenvalue weighted by atomic mass is 127. The molecular formula is C19H20IN3O5. The van der Waals surface area contributed by atoms with Crippen LogP contribution in [0.2, 0.25) is 0 Å². The summed E-state index contributed by atoms with van der Waals surface area (Å²) in [5.74, 6) is -0.619. The fourth-order valence-electron chi connectivity index (χ4n) is 2.16. The molecular weight excluding hydrogens is 477 g/mol. The van der Waals surface area contributed by atoms with Gasteiger partial charge in [-0.2, -0.15) is 5.10 Å². The number of nitrogens with zero attached hydrogens (tertiary/aromatic N) is 1. The second-order valence-electron chi connectivity index (χ2n) is 5.51. The van der Waals surface area contributed by atoms with Crippen molar-refractivity contribution in [1.82, 2.24) is 10.7 Å². The standard InChI is InChI=1S/C19H20IN3O5/c1-3-28-16-9-13(8-15(20)17(16)24)11-22-23-19(26)18(25)21-10-12-4-6-14(27-2)7-5-12/h4-9,11,24H,3,10H2,1-2H3,(H,21,25)(H,23,26)/b22-11-. The number of phenols is 1. The third-order valence-electron chi connectivity index (χ3n) is 3.55. The molecule has 0 spiro atoms. The minimum absolute atomic E-state index is 0.0431. The Morgan fingerprint density at radius 1 is 1.21 bits per heavy atom. The molecule has 0 aliphatic rings. The van der Waals surface area contributed by atoms with Gasteiger partial charge >= 0.3 is 11.8 Å². The summed E-state index contributed by atoms with van der Waals surface area (Å²) >= 11 is 1.96. The molecule has 0 heterocycles. The van der Waals surface area contributed by atoms with Gasteiger partial charge in [-0.15, -0.1) is 0 Å². The number of amides is 2. The SMILES string of the molecule is CCOc1cc(/C=N\NC(=O)C(=O)NCc2ccc(OC)cc2)cc(I)c1O. The van der Waals surface area contributed by atoms with Crippen LogP contribution in [0.1, 0.15) is 18.1 Å². The zero-order valence-corrected chi connectivity index (χ0v) is 17.5. The number of rotatable bonds is 7. The summed E-state index contributed by atoms with van der Waals surface area (Å²) in [7, 11) is 1.57. The summed E-state index contributed by atoms with van der Waals surface area (Å²) < 4.78 is 11.0. The van der Waals surface area contributed by atoms with E-state index in [0.717, 1.165) is 5.56 Å². The summed E-state index contributed by atoms with van der Waals surface area (Å²) in [5.41, 5.74) is 3.59. The molecule has 0 saturated heterocycles. The summed E-state index contributed by atoms with van der Waals surface area (Å²) in [6.07, 6.45) is 1.36. The van der Waals surface area contributed by atoms with Crippen molar-refractivity contribution >= 4 is 40.6 Å². The number of carbonyl (C=O) groups is 2. The van der Waals surface area contributed by atoms with E-state index in [1.54, 1.807) is 50.4 Å². The molecule has 8 nitrogen and oxygen atoms in total. The lowest BCUT2D eigenvalue weighted by molar-refractivity contribution is -0.139. The van der Waals surface area contributed by atoms with E-state index in [1.807, 2.05) is 22.6 Å². The molecule has 0 fully saturated rings. The zero-order valence-electron chi connectivity index (χ0n) is 15.4. The second kappa shape index (κ2) is 10.5. The average molecular weight is 497 g/mol. The zero-order chi connectivity index (χ0) is 20.5. The van der Waals surface area contributed by atoms with Crippen molar-refractivity contribution in [2.75, 3.05) is 13.7 Å². The fraction of sp³-hybridized carbons (Fsp3) is 0.211. The number of aromatic hydroxyl groups is 1. The lowest BCUT2D eigenvalue weighted by Gasteiger charge is -2.08. The number of hydrogen-bond donors (Lipinski definition) is 3. The number of methoxy groups -OCH3 is 1. The highest BCUT2D eigenvalue weighted by Crippen LogP contribution is 2.32. The summed E-state index contributed by atoms with van der Waals surface area (Å²) in [6, 6.07) is 10.4. The van der Waals surface area contributed by atoms with Gasteiger partial charge in [0.1, 0.15) is 5.75 Å². The highest BCUT2D eigenvalue weighted by molar-refractivity contribution is 14.1. The first-order valence-corrected chi connectivity index (χ1v) is 9.42. The minimum atomic E-state index is -0.886. The molecule has 0 saturated carbocycles. The number of hydrazone groups is 1. The molecule has 0 atom stereocenters. The first-order valence-electron chi connectivity index (χ1n) is 8.34. The van der Waals surface area contributed by atoms with Gasteiger partial charge in [0.05, 0.1) is 23.5 Å². The van der Waals surface area contributed by atoms with Crippen LogP contribution in [0.3, 0.4) is 0 Å². The van der Waals surface area contributed by atoms with Crippen LogP contribution >= 0.6 is 22.6 Å². The Hall–Kier alpha value is -2.82. The van der Waals surface area contributed by atoms with E-state index in [1.165, 1.54) is 6.21 Å². The van der Waals surface area contributed by atoms with Gasteiger partial charge < -0.3 is 19.9 Å². The molecule has 2 aromatic rings. The summed E-state index contributed by atoms with van der Waals surface area (Å²) in [4.78, 5) is 23.7. The first kappa shape index (κ1) is 21.5. The topological polar surface area (TPSA) is 109 Å². The van der Waals surface area contributed by atoms with Gasteiger partial charge in [0, 0.05) is 6.54 Å². The Labute approximate surface area is 176 Å².